The number of sulfonamides is 1. The molecule has 2 unspecified atom stereocenters. The molecule has 6 heteroatoms. The fraction of sp³-hybridized carbons (Fsp3) is 0.714. The van der Waals surface area contributed by atoms with Gasteiger partial charge in [0.25, 0.3) is 0 Å². The molecule has 1 aromatic heterocycles. The van der Waals surface area contributed by atoms with Crippen molar-refractivity contribution in [2.24, 2.45) is 5.92 Å². The Labute approximate surface area is 126 Å². The highest BCUT2D eigenvalue weighted by molar-refractivity contribution is 7.89. The van der Waals surface area contributed by atoms with E-state index in [0.29, 0.717) is 17.4 Å². The molecule has 2 rings (SSSR count). The molecule has 1 aromatic rings. The summed E-state index contributed by atoms with van der Waals surface area (Å²) in [7, 11) is -3.38. The minimum atomic E-state index is -3.38. The van der Waals surface area contributed by atoms with Gasteiger partial charge in [0.2, 0.25) is 10.0 Å². The van der Waals surface area contributed by atoms with Crippen molar-refractivity contribution in [3.05, 3.63) is 16.3 Å². The Morgan fingerprint density at radius 2 is 2.20 bits per heavy atom. The van der Waals surface area contributed by atoms with Crippen molar-refractivity contribution in [3.63, 3.8) is 0 Å². The van der Waals surface area contributed by atoms with Gasteiger partial charge in [0.1, 0.15) is 0 Å². The molecule has 1 saturated carbocycles. The first-order valence-corrected chi connectivity index (χ1v) is 9.70. The Morgan fingerprint density at radius 3 is 2.85 bits per heavy atom. The maximum absolute atomic E-state index is 12.5. The second kappa shape index (κ2) is 7.02. The van der Waals surface area contributed by atoms with Crippen LogP contribution in [0.4, 0.5) is 0 Å². The van der Waals surface area contributed by atoms with Crippen molar-refractivity contribution in [3.8, 4) is 0 Å². The fourth-order valence-electron chi connectivity index (χ4n) is 2.66. The summed E-state index contributed by atoms with van der Waals surface area (Å²) in [5, 5.41) is 5.13. The highest BCUT2D eigenvalue weighted by Crippen LogP contribution is 2.28. The molecule has 1 aliphatic rings. The summed E-state index contributed by atoms with van der Waals surface area (Å²) in [6.07, 6.45) is 4.23. The van der Waals surface area contributed by atoms with E-state index in [4.69, 9.17) is 0 Å². The van der Waals surface area contributed by atoms with Gasteiger partial charge in [-0.2, -0.15) is 0 Å². The first-order valence-electron chi connectivity index (χ1n) is 7.34. The molecule has 2 N–H and O–H groups in total. The molecule has 2 atom stereocenters. The van der Waals surface area contributed by atoms with E-state index in [2.05, 4.69) is 23.9 Å². The van der Waals surface area contributed by atoms with Gasteiger partial charge >= 0.3 is 0 Å². The maximum atomic E-state index is 12.5. The second-order valence-electron chi connectivity index (χ2n) is 5.52. The predicted molar refractivity (Wildman–Crippen MR) is 83.4 cm³/mol. The summed E-state index contributed by atoms with van der Waals surface area (Å²) in [5.41, 5.74) is 0. The third-order valence-corrected chi connectivity index (χ3v) is 6.50. The normalized spacial score (nSPS) is 23.3. The summed E-state index contributed by atoms with van der Waals surface area (Å²) in [4.78, 5) is 1.35. The van der Waals surface area contributed by atoms with E-state index in [1.54, 1.807) is 6.07 Å². The van der Waals surface area contributed by atoms with Crippen molar-refractivity contribution < 1.29 is 8.42 Å². The summed E-state index contributed by atoms with van der Waals surface area (Å²) in [6.45, 7) is 5.76. The highest BCUT2D eigenvalue weighted by atomic mass is 32.2. The first kappa shape index (κ1) is 15.9. The van der Waals surface area contributed by atoms with Crippen molar-refractivity contribution in [1.82, 2.24) is 10.0 Å². The van der Waals surface area contributed by atoms with Gasteiger partial charge in [-0.15, -0.1) is 11.3 Å². The average Bonchev–Trinajstić information content (AvgIpc) is 3.00. The fourth-order valence-corrected chi connectivity index (χ4v) is 5.45. The number of rotatable bonds is 7. The molecular formula is C14H24N2O2S2. The lowest BCUT2D eigenvalue weighted by molar-refractivity contribution is 0.476. The van der Waals surface area contributed by atoms with Crippen LogP contribution in [0.1, 0.15) is 44.4 Å². The lowest BCUT2D eigenvalue weighted by Crippen LogP contribution is -2.36. The Balaban J connectivity index is 2.07. The number of nitrogens with one attached hydrogen (secondary N) is 2. The molecule has 1 fully saturated rings. The second-order valence-corrected chi connectivity index (χ2v) is 8.20. The molecule has 0 aromatic carbocycles. The molecule has 114 valence electrons. The van der Waals surface area contributed by atoms with E-state index in [1.165, 1.54) is 11.3 Å². The minimum Gasteiger partial charge on any atom is -0.312 e. The van der Waals surface area contributed by atoms with Crippen molar-refractivity contribution >= 4 is 21.4 Å². The molecule has 20 heavy (non-hydrogen) atoms. The van der Waals surface area contributed by atoms with Gasteiger partial charge in [-0.05, 0) is 43.2 Å². The van der Waals surface area contributed by atoms with Gasteiger partial charge in [-0.3, -0.25) is 0 Å². The van der Waals surface area contributed by atoms with E-state index >= 15 is 0 Å². The molecule has 0 spiro atoms. The third kappa shape index (κ3) is 3.81. The third-order valence-electron chi connectivity index (χ3n) is 3.87. The Hall–Kier alpha value is -0.430. The zero-order valence-corrected chi connectivity index (χ0v) is 13.8. The molecular weight excluding hydrogens is 292 g/mol. The lowest BCUT2D eigenvalue weighted by Gasteiger charge is -2.17. The predicted octanol–water partition coefficient (Wildman–Crippen LogP) is 2.71. The topological polar surface area (TPSA) is 58.2 Å². The summed E-state index contributed by atoms with van der Waals surface area (Å²) in [6, 6.07) is 1.81. The largest absolute Gasteiger partial charge is 0.312 e. The quantitative estimate of drug-likeness (QED) is 0.761. The van der Waals surface area contributed by atoms with E-state index in [-0.39, 0.29) is 6.04 Å². The van der Waals surface area contributed by atoms with E-state index < -0.39 is 10.0 Å². The van der Waals surface area contributed by atoms with Crippen molar-refractivity contribution in [1.29, 1.82) is 0 Å². The molecule has 4 nitrogen and oxygen atoms in total. The minimum absolute atomic E-state index is 0.0938. The van der Waals surface area contributed by atoms with E-state index in [1.807, 2.05) is 5.38 Å². The monoisotopic (exact) mass is 316 g/mol. The van der Waals surface area contributed by atoms with E-state index in [9.17, 15) is 8.42 Å². The zero-order valence-electron chi connectivity index (χ0n) is 12.2. The van der Waals surface area contributed by atoms with Crippen molar-refractivity contribution in [2.75, 3.05) is 6.54 Å². The van der Waals surface area contributed by atoms with Gasteiger partial charge < -0.3 is 5.32 Å². The molecule has 0 saturated heterocycles. The van der Waals surface area contributed by atoms with Crippen LogP contribution in [0, 0.1) is 5.92 Å². The molecule has 0 aliphatic heterocycles. The smallest absolute Gasteiger partial charge is 0.241 e. The number of hydrogen-bond acceptors (Lipinski definition) is 4. The number of thiophene rings is 1. The molecule has 1 aliphatic carbocycles. The first-order chi connectivity index (χ1) is 9.54. The zero-order chi connectivity index (χ0) is 14.6. The van der Waals surface area contributed by atoms with Crippen LogP contribution in [0.3, 0.4) is 0 Å². The summed E-state index contributed by atoms with van der Waals surface area (Å²) < 4.78 is 27.9. The summed E-state index contributed by atoms with van der Waals surface area (Å²) in [5.74, 6) is 0.435. The van der Waals surface area contributed by atoms with Crippen LogP contribution in [0.5, 0.6) is 0 Å². The van der Waals surface area contributed by atoms with Gasteiger partial charge in [-0.25, -0.2) is 13.1 Å². The van der Waals surface area contributed by atoms with Crippen LogP contribution in [0.2, 0.25) is 0 Å². The molecule has 0 amide bonds. The SMILES string of the molecule is CCCNCc1sccc1S(=O)(=O)NC1CCCC1C. The van der Waals surface area contributed by atoms with Gasteiger partial charge in [0, 0.05) is 17.5 Å². The van der Waals surface area contributed by atoms with Crippen LogP contribution < -0.4 is 10.0 Å². The standard InChI is InChI=1S/C14H24N2O2S2/c1-3-8-15-10-13-14(7-9-19-13)20(17,18)16-12-6-4-5-11(12)2/h7,9,11-12,15-16H,3-6,8,10H2,1-2H3. The van der Waals surface area contributed by atoms with Crippen LogP contribution in [0.25, 0.3) is 0 Å². The van der Waals surface area contributed by atoms with Crippen molar-refractivity contribution in [2.45, 2.75) is 57.0 Å². The van der Waals surface area contributed by atoms with Crippen LogP contribution in [0.15, 0.2) is 16.3 Å². The Kier molecular flexibility index (Phi) is 5.60. The summed E-state index contributed by atoms with van der Waals surface area (Å²) >= 11 is 1.50. The van der Waals surface area contributed by atoms with Crippen LogP contribution in [-0.2, 0) is 16.6 Å². The number of hydrogen-bond donors (Lipinski definition) is 2. The van der Waals surface area contributed by atoms with Crippen LogP contribution in [-0.4, -0.2) is 21.0 Å². The maximum Gasteiger partial charge on any atom is 0.241 e. The lowest BCUT2D eigenvalue weighted by atomic mass is 10.1. The Morgan fingerprint density at radius 1 is 1.40 bits per heavy atom. The molecule has 0 bridgehead atoms. The highest BCUT2D eigenvalue weighted by Gasteiger charge is 2.29. The molecule has 1 heterocycles. The molecule has 0 radical (unpaired) electrons. The van der Waals surface area contributed by atoms with E-state index in [0.717, 1.165) is 37.1 Å². The van der Waals surface area contributed by atoms with Gasteiger partial charge in [-0.1, -0.05) is 20.3 Å². The van der Waals surface area contributed by atoms with Gasteiger partial charge in [0.15, 0.2) is 0 Å². The Bertz CT molecular complexity index is 525. The van der Waals surface area contributed by atoms with Crippen LogP contribution >= 0.6 is 11.3 Å². The van der Waals surface area contributed by atoms with Gasteiger partial charge in [0.05, 0.1) is 4.90 Å². The average molecular weight is 316 g/mol.